The van der Waals surface area contributed by atoms with Gasteiger partial charge in [0.15, 0.2) is 6.29 Å². The molecule has 0 radical (unpaired) electrons. The Morgan fingerprint density at radius 3 is 2.91 bits per heavy atom. The van der Waals surface area contributed by atoms with Crippen molar-refractivity contribution in [2.45, 2.75) is 25.8 Å². The Bertz CT molecular complexity index is 288. The van der Waals surface area contributed by atoms with Crippen molar-refractivity contribution in [2.24, 2.45) is 0 Å². The number of nitrogens with zero attached hydrogens (tertiary/aromatic N) is 3. The van der Waals surface area contributed by atoms with Crippen LogP contribution in [0.4, 0.5) is 0 Å². The van der Waals surface area contributed by atoms with E-state index in [0.717, 1.165) is 24.8 Å². The van der Waals surface area contributed by atoms with Crippen LogP contribution in [0.1, 0.15) is 35.1 Å². The standard InChI is InChI=1S/C7H9N3O/c1-5-7(4-11)10(9-8-5)6-2-3-6/h4,6H,2-3H2,1H3. The van der Waals surface area contributed by atoms with Crippen molar-refractivity contribution in [1.29, 1.82) is 0 Å². The van der Waals surface area contributed by atoms with Gasteiger partial charge in [-0.1, -0.05) is 5.21 Å². The number of carbonyl (C=O) groups excluding carboxylic acids is 1. The summed E-state index contributed by atoms with van der Waals surface area (Å²) in [4.78, 5) is 10.5. The summed E-state index contributed by atoms with van der Waals surface area (Å²) < 4.78 is 1.72. The third-order valence-electron chi connectivity index (χ3n) is 1.91. The number of hydrogen-bond acceptors (Lipinski definition) is 3. The maximum absolute atomic E-state index is 10.5. The fourth-order valence-electron chi connectivity index (χ4n) is 1.11. The molecule has 0 unspecified atom stereocenters. The minimum atomic E-state index is 0.441. The molecule has 0 bridgehead atoms. The van der Waals surface area contributed by atoms with E-state index in [9.17, 15) is 4.79 Å². The van der Waals surface area contributed by atoms with Gasteiger partial charge in [-0.05, 0) is 19.8 Å². The Morgan fingerprint density at radius 2 is 2.36 bits per heavy atom. The molecule has 1 aliphatic carbocycles. The second kappa shape index (κ2) is 2.15. The minimum Gasteiger partial charge on any atom is -0.296 e. The number of rotatable bonds is 2. The van der Waals surface area contributed by atoms with Gasteiger partial charge in [-0.2, -0.15) is 0 Å². The first-order chi connectivity index (χ1) is 5.33. The summed E-state index contributed by atoms with van der Waals surface area (Å²) in [6.45, 7) is 1.80. The quantitative estimate of drug-likeness (QED) is 0.585. The van der Waals surface area contributed by atoms with Crippen molar-refractivity contribution >= 4 is 6.29 Å². The molecule has 11 heavy (non-hydrogen) atoms. The summed E-state index contributed by atoms with van der Waals surface area (Å²) in [5.74, 6) is 0. The third kappa shape index (κ3) is 0.943. The van der Waals surface area contributed by atoms with Crippen LogP contribution in [0.25, 0.3) is 0 Å². The highest BCUT2D eigenvalue weighted by Gasteiger charge is 2.27. The first kappa shape index (κ1) is 6.52. The van der Waals surface area contributed by atoms with E-state index in [1.807, 2.05) is 0 Å². The van der Waals surface area contributed by atoms with Crippen molar-refractivity contribution in [3.63, 3.8) is 0 Å². The molecule has 0 spiro atoms. The molecular formula is C7H9N3O. The molecule has 1 saturated carbocycles. The molecule has 2 rings (SSSR count). The molecule has 0 N–H and O–H groups in total. The molecule has 1 fully saturated rings. The molecule has 1 aromatic heterocycles. The fourth-order valence-corrected chi connectivity index (χ4v) is 1.11. The van der Waals surface area contributed by atoms with Crippen LogP contribution in [0.3, 0.4) is 0 Å². The molecule has 1 heterocycles. The summed E-state index contributed by atoms with van der Waals surface area (Å²) in [7, 11) is 0. The molecule has 0 amide bonds. The zero-order chi connectivity index (χ0) is 7.84. The topological polar surface area (TPSA) is 47.8 Å². The van der Waals surface area contributed by atoms with Crippen molar-refractivity contribution < 1.29 is 4.79 Å². The highest BCUT2D eigenvalue weighted by molar-refractivity contribution is 5.73. The second-order valence-corrected chi connectivity index (χ2v) is 2.85. The summed E-state index contributed by atoms with van der Waals surface area (Å²) in [5.41, 5.74) is 1.36. The average Bonchev–Trinajstić information content (AvgIpc) is 2.76. The number of carbonyl (C=O) groups is 1. The molecule has 0 aromatic carbocycles. The smallest absolute Gasteiger partial charge is 0.170 e. The van der Waals surface area contributed by atoms with Crippen molar-refractivity contribution in [2.75, 3.05) is 0 Å². The van der Waals surface area contributed by atoms with Gasteiger partial charge in [0, 0.05) is 0 Å². The molecule has 4 nitrogen and oxygen atoms in total. The van der Waals surface area contributed by atoms with E-state index < -0.39 is 0 Å². The van der Waals surface area contributed by atoms with Gasteiger partial charge in [0.1, 0.15) is 5.69 Å². The SMILES string of the molecule is Cc1nnn(C2CC2)c1C=O. The van der Waals surface area contributed by atoms with Crippen LogP contribution in [0.5, 0.6) is 0 Å². The second-order valence-electron chi connectivity index (χ2n) is 2.85. The van der Waals surface area contributed by atoms with Gasteiger partial charge in [-0.3, -0.25) is 4.79 Å². The monoisotopic (exact) mass is 151 g/mol. The Kier molecular flexibility index (Phi) is 1.27. The molecule has 0 saturated heterocycles. The van der Waals surface area contributed by atoms with Crippen molar-refractivity contribution in [3.8, 4) is 0 Å². The van der Waals surface area contributed by atoms with E-state index in [1.54, 1.807) is 11.6 Å². The maximum Gasteiger partial charge on any atom is 0.170 e. The summed E-state index contributed by atoms with van der Waals surface area (Å²) in [6.07, 6.45) is 3.08. The first-order valence-corrected chi connectivity index (χ1v) is 3.70. The molecule has 0 atom stereocenters. The number of aldehydes is 1. The van der Waals surface area contributed by atoms with Gasteiger partial charge in [-0.25, -0.2) is 4.68 Å². The van der Waals surface area contributed by atoms with Gasteiger partial charge in [0.2, 0.25) is 0 Å². The van der Waals surface area contributed by atoms with Gasteiger partial charge < -0.3 is 0 Å². The number of aromatic nitrogens is 3. The molecule has 58 valence electrons. The van der Waals surface area contributed by atoms with E-state index in [4.69, 9.17) is 0 Å². The summed E-state index contributed by atoms with van der Waals surface area (Å²) in [6, 6.07) is 0.441. The molecule has 0 aliphatic heterocycles. The Labute approximate surface area is 64.2 Å². The Balaban J connectivity index is 2.44. The van der Waals surface area contributed by atoms with Crippen LogP contribution >= 0.6 is 0 Å². The van der Waals surface area contributed by atoms with E-state index in [1.165, 1.54) is 0 Å². The van der Waals surface area contributed by atoms with E-state index >= 15 is 0 Å². The lowest BCUT2D eigenvalue weighted by Crippen LogP contribution is -2.01. The zero-order valence-corrected chi connectivity index (χ0v) is 6.32. The molecule has 1 aliphatic rings. The minimum absolute atomic E-state index is 0.441. The highest BCUT2D eigenvalue weighted by atomic mass is 16.1. The van der Waals surface area contributed by atoms with E-state index in [0.29, 0.717) is 11.7 Å². The van der Waals surface area contributed by atoms with Gasteiger partial charge in [0.25, 0.3) is 0 Å². The molecule has 4 heteroatoms. The Hall–Kier alpha value is -1.19. The maximum atomic E-state index is 10.5. The highest BCUT2D eigenvalue weighted by Crippen LogP contribution is 2.34. The Morgan fingerprint density at radius 1 is 1.64 bits per heavy atom. The van der Waals surface area contributed by atoms with Crippen LogP contribution in [0.15, 0.2) is 0 Å². The number of aryl methyl sites for hydroxylation is 1. The van der Waals surface area contributed by atoms with Gasteiger partial charge >= 0.3 is 0 Å². The normalized spacial score (nSPS) is 16.8. The van der Waals surface area contributed by atoms with Gasteiger partial charge in [-0.15, -0.1) is 5.10 Å². The largest absolute Gasteiger partial charge is 0.296 e. The lowest BCUT2D eigenvalue weighted by atomic mass is 10.4. The van der Waals surface area contributed by atoms with Crippen molar-refractivity contribution in [1.82, 2.24) is 15.0 Å². The van der Waals surface area contributed by atoms with Crippen molar-refractivity contribution in [3.05, 3.63) is 11.4 Å². The molecular weight excluding hydrogens is 142 g/mol. The summed E-state index contributed by atoms with van der Waals surface area (Å²) >= 11 is 0. The van der Waals surface area contributed by atoms with Crippen LogP contribution in [0.2, 0.25) is 0 Å². The third-order valence-corrected chi connectivity index (χ3v) is 1.91. The van der Waals surface area contributed by atoms with E-state index in [-0.39, 0.29) is 0 Å². The predicted octanol–water partition coefficient (Wildman–Crippen LogP) is 0.734. The zero-order valence-electron chi connectivity index (χ0n) is 6.32. The fraction of sp³-hybridized carbons (Fsp3) is 0.571. The average molecular weight is 151 g/mol. The lowest BCUT2D eigenvalue weighted by molar-refractivity contribution is 0.111. The first-order valence-electron chi connectivity index (χ1n) is 3.70. The predicted molar refractivity (Wildman–Crippen MR) is 38.4 cm³/mol. The van der Waals surface area contributed by atoms with E-state index in [2.05, 4.69) is 10.3 Å². The van der Waals surface area contributed by atoms with Gasteiger partial charge in [0.05, 0.1) is 11.7 Å². The number of hydrogen-bond donors (Lipinski definition) is 0. The lowest BCUT2D eigenvalue weighted by Gasteiger charge is -1.95. The van der Waals surface area contributed by atoms with Crippen LogP contribution < -0.4 is 0 Å². The summed E-state index contributed by atoms with van der Waals surface area (Å²) in [5, 5.41) is 7.71. The van der Waals surface area contributed by atoms with Crippen LogP contribution in [-0.4, -0.2) is 21.3 Å². The van der Waals surface area contributed by atoms with Crippen LogP contribution in [-0.2, 0) is 0 Å². The van der Waals surface area contributed by atoms with Crippen LogP contribution in [0, 0.1) is 6.92 Å². The molecule has 1 aromatic rings.